The molecular formula is C16H24N2O. The van der Waals surface area contributed by atoms with Crippen molar-refractivity contribution in [1.82, 2.24) is 4.90 Å². The smallest absolute Gasteiger partial charge is 0.211 e. The average Bonchev–Trinajstić information content (AvgIpc) is 2.47. The largest absolute Gasteiger partial charge is 0.328 e. The number of carbonyl (C=O) groups is 1. The highest BCUT2D eigenvalue weighted by Crippen LogP contribution is 2.23. The van der Waals surface area contributed by atoms with Crippen molar-refractivity contribution in [2.24, 2.45) is 0 Å². The van der Waals surface area contributed by atoms with Crippen LogP contribution in [0.3, 0.4) is 0 Å². The summed E-state index contributed by atoms with van der Waals surface area (Å²) < 4.78 is 0. The van der Waals surface area contributed by atoms with E-state index in [0.717, 1.165) is 25.1 Å². The van der Waals surface area contributed by atoms with Gasteiger partial charge in [0.2, 0.25) is 6.41 Å². The molecule has 1 fully saturated rings. The standard InChI is InChI=1S/C16H24N2O/c1-2-18-12-6-5-8-15(18)11-10-14-7-3-4-9-16(14)17-13-19/h3-4,7,9,13,15H,2,5-6,8,10-12H2,1H3,(H,17,19). The van der Waals surface area contributed by atoms with Gasteiger partial charge in [0.05, 0.1) is 0 Å². The molecule has 0 saturated carbocycles. The Kier molecular flexibility index (Phi) is 5.40. The van der Waals surface area contributed by atoms with Crippen molar-refractivity contribution in [1.29, 1.82) is 0 Å². The zero-order valence-electron chi connectivity index (χ0n) is 11.8. The molecule has 1 amide bonds. The van der Waals surface area contributed by atoms with Crippen molar-refractivity contribution in [3.05, 3.63) is 29.8 Å². The minimum absolute atomic E-state index is 0.711. The van der Waals surface area contributed by atoms with E-state index in [1.807, 2.05) is 18.2 Å². The lowest BCUT2D eigenvalue weighted by Gasteiger charge is -2.35. The van der Waals surface area contributed by atoms with E-state index >= 15 is 0 Å². The third-order valence-corrected chi connectivity index (χ3v) is 4.13. The number of benzene rings is 1. The zero-order chi connectivity index (χ0) is 13.5. The van der Waals surface area contributed by atoms with Gasteiger partial charge in [0.25, 0.3) is 0 Å². The number of aryl methyl sites for hydroxylation is 1. The summed E-state index contributed by atoms with van der Waals surface area (Å²) in [4.78, 5) is 13.2. The van der Waals surface area contributed by atoms with Gasteiger partial charge in [0, 0.05) is 11.7 Å². The van der Waals surface area contributed by atoms with Gasteiger partial charge in [0.1, 0.15) is 0 Å². The lowest BCUT2D eigenvalue weighted by atomic mass is 9.95. The Morgan fingerprint density at radius 3 is 3.00 bits per heavy atom. The van der Waals surface area contributed by atoms with Crippen LogP contribution in [-0.4, -0.2) is 30.4 Å². The summed E-state index contributed by atoms with van der Waals surface area (Å²) in [6, 6.07) is 8.81. The van der Waals surface area contributed by atoms with E-state index in [0.29, 0.717) is 6.04 Å². The molecule has 1 aromatic rings. The molecule has 2 rings (SSSR count). The van der Waals surface area contributed by atoms with E-state index in [1.165, 1.54) is 37.8 Å². The Morgan fingerprint density at radius 1 is 1.37 bits per heavy atom. The summed E-state index contributed by atoms with van der Waals surface area (Å²) in [7, 11) is 0. The topological polar surface area (TPSA) is 32.3 Å². The Bertz CT molecular complexity index is 405. The number of carbonyl (C=O) groups excluding carboxylic acids is 1. The summed E-state index contributed by atoms with van der Waals surface area (Å²) in [5, 5.41) is 2.79. The first-order chi connectivity index (χ1) is 9.35. The number of hydrogen-bond donors (Lipinski definition) is 1. The van der Waals surface area contributed by atoms with E-state index in [-0.39, 0.29) is 0 Å². The van der Waals surface area contributed by atoms with E-state index in [4.69, 9.17) is 0 Å². The molecule has 0 radical (unpaired) electrons. The molecule has 1 atom stereocenters. The highest BCUT2D eigenvalue weighted by molar-refractivity contribution is 5.73. The maximum absolute atomic E-state index is 10.6. The minimum atomic E-state index is 0.711. The van der Waals surface area contributed by atoms with E-state index in [2.05, 4.69) is 23.2 Å². The Balaban J connectivity index is 1.95. The molecule has 1 heterocycles. The Hall–Kier alpha value is -1.35. The van der Waals surface area contributed by atoms with Crippen molar-refractivity contribution < 1.29 is 4.79 Å². The summed E-state index contributed by atoms with van der Waals surface area (Å²) >= 11 is 0. The first kappa shape index (κ1) is 14.1. The van der Waals surface area contributed by atoms with Crippen LogP contribution in [0.15, 0.2) is 24.3 Å². The van der Waals surface area contributed by atoms with Gasteiger partial charge in [-0.3, -0.25) is 4.79 Å². The highest BCUT2D eigenvalue weighted by atomic mass is 16.1. The molecule has 0 spiro atoms. The molecular weight excluding hydrogens is 236 g/mol. The van der Waals surface area contributed by atoms with Crippen molar-refractivity contribution in [3.63, 3.8) is 0 Å². The molecule has 1 aliphatic rings. The Morgan fingerprint density at radius 2 is 2.21 bits per heavy atom. The van der Waals surface area contributed by atoms with Gasteiger partial charge in [0.15, 0.2) is 0 Å². The molecule has 1 unspecified atom stereocenters. The molecule has 1 aliphatic heterocycles. The van der Waals surface area contributed by atoms with Crippen LogP contribution >= 0.6 is 0 Å². The van der Waals surface area contributed by atoms with Crippen LogP contribution < -0.4 is 5.32 Å². The molecule has 0 bridgehead atoms. The van der Waals surface area contributed by atoms with E-state index < -0.39 is 0 Å². The highest BCUT2D eigenvalue weighted by Gasteiger charge is 2.20. The first-order valence-corrected chi connectivity index (χ1v) is 7.37. The predicted octanol–water partition coefficient (Wildman–Crippen LogP) is 3.06. The number of para-hydroxylation sites is 1. The second-order valence-corrected chi connectivity index (χ2v) is 5.24. The normalized spacial score (nSPS) is 20.2. The number of piperidine rings is 1. The number of anilines is 1. The number of hydrogen-bond acceptors (Lipinski definition) is 2. The van der Waals surface area contributed by atoms with Crippen LogP contribution in [0, 0.1) is 0 Å². The summed E-state index contributed by atoms with van der Waals surface area (Å²) in [6.07, 6.45) is 7.00. The number of nitrogens with one attached hydrogen (secondary N) is 1. The second kappa shape index (κ2) is 7.29. The van der Waals surface area contributed by atoms with Gasteiger partial charge in [-0.25, -0.2) is 0 Å². The summed E-state index contributed by atoms with van der Waals surface area (Å²) in [6.45, 7) is 4.65. The second-order valence-electron chi connectivity index (χ2n) is 5.24. The first-order valence-electron chi connectivity index (χ1n) is 7.37. The quantitative estimate of drug-likeness (QED) is 0.797. The third kappa shape index (κ3) is 3.80. The molecule has 3 nitrogen and oxygen atoms in total. The maximum Gasteiger partial charge on any atom is 0.211 e. The van der Waals surface area contributed by atoms with E-state index in [9.17, 15) is 4.79 Å². The van der Waals surface area contributed by atoms with Gasteiger partial charge in [-0.05, 0) is 50.4 Å². The van der Waals surface area contributed by atoms with Crippen molar-refractivity contribution >= 4 is 12.1 Å². The van der Waals surface area contributed by atoms with Crippen molar-refractivity contribution in [2.75, 3.05) is 18.4 Å². The van der Waals surface area contributed by atoms with E-state index in [1.54, 1.807) is 0 Å². The van der Waals surface area contributed by atoms with Crippen LogP contribution in [0.2, 0.25) is 0 Å². The van der Waals surface area contributed by atoms with Gasteiger partial charge >= 0.3 is 0 Å². The molecule has 3 heteroatoms. The average molecular weight is 260 g/mol. The SMILES string of the molecule is CCN1CCCCC1CCc1ccccc1NC=O. The van der Waals surface area contributed by atoms with Crippen molar-refractivity contribution in [2.45, 2.75) is 45.1 Å². The monoisotopic (exact) mass is 260 g/mol. The molecule has 1 aromatic carbocycles. The molecule has 1 saturated heterocycles. The molecule has 0 aromatic heterocycles. The lowest BCUT2D eigenvalue weighted by Crippen LogP contribution is -2.39. The van der Waals surface area contributed by atoms with Crippen LogP contribution in [0.5, 0.6) is 0 Å². The Labute approximate surface area is 116 Å². The molecule has 104 valence electrons. The van der Waals surface area contributed by atoms with Gasteiger partial charge in [-0.15, -0.1) is 0 Å². The lowest BCUT2D eigenvalue weighted by molar-refractivity contribution is -0.105. The number of amides is 1. The molecule has 0 aliphatic carbocycles. The van der Waals surface area contributed by atoms with Gasteiger partial charge < -0.3 is 10.2 Å². The number of likely N-dealkylation sites (tertiary alicyclic amines) is 1. The van der Waals surface area contributed by atoms with Crippen LogP contribution in [0.4, 0.5) is 5.69 Å². The van der Waals surface area contributed by atoms with Gasteiger partial charge in [-0.1, -0.05) is 31.5 Å². The number of nitrogens with zero attached hydrogens (tertiary/aromatic N) is 1. The summed E-state index contributed by atoms with van der Waals surface area (Å²) in [5.41, 5.74) is 2.20. The minimum Gasteiger partial charge on any atom is -0.328 e. The third-order valence-electron chi connectivity index (χ3n) is 4.13. The predicted molar refractivity (Wildman–Crippen MR) is 79.3 cm³/mol. The zero-order valence-corrected chi connectivity index (χ0v) is 11.8. The fourth-order valence-corrected chi connectivity index (χ4v) is 3.07. The number of rotatable bonds is 6. The van der Waals surface area contributed by atoms with Gasteiger partial charge in [-0.2, -0.15) is 0 Å². The summed E-state index contributed by atoms with van der Waals surface area (Å²) in [5.74, 6) is 0. The fourth-order valence-electron chi connectivity index (χ4n) is 3.07. The molecule has 19 heavy (non-hydrogen) atoms. The molecule has 1 N–H and O–H groups in total. The van der Waals surface area contributed by atoms with Crippen molar-refractivity contribution in [3.8, 4) is 0 Å². The van der Waals surface area contributed by atoms with Crippen LogP contribution in [0.25, 0.3) is 0 Å². The maximum atomic E-state index is 10.6. The fraction of sp³-hybridized carbons (Fsp3) is 0.562. The van der Waals surface area contributed by atoms with Crippen LogP contribution in [0.1, 0.15) is 38.2 Å². The van der Waals surface area contributed by atoms with Crippen LogP contribution in [-0.2, 0) is 11.2 Å².